The number of amides is 2. The highest BCUT2D eigenvalue weighted by atomic mass is 32.2. The lowest BCUT2D eigenvalue weighted by atomic mass is 10.2. The van der Waals surface area contributed by atoms with E-state index in [0.717, 1.165) is 12.0 Å². The molecule has 12 heteroatoms. The second-order valence-corrected chi connectivity index (χ2v) is 9.15. The second kappa shape index (κ2) is 12.9. The van der Waals surface area contributed by atoms with Crippen LogP contribution in [0.2, 0.25) is 0 Å². The van der Waals surface area contributed by atoms with E-state index in [-0.39, 0.29) is 29.8 Å². The fourth-order valence-electron chi connectivity index (χ4n) is 3.42. The normalized spacial score (nSPS) is 11.6. The minimum atomic E-state index is -0.694. The maximum atomic E-state index is 12.5. The third-order valence-electron chi connectivity index (χ3n) is 5.58. The molecule has 2 amide bonds. The van der Waals surface area contributed by atoms with E-state index in [1.165, 1.54) is 29.5 Å². The third-order valence-corrected chi connectivity index (χ3v) is 6.55. The Morgan fingerprint density at radius 2 is 1.89 bits per heavy atom. The summed E-state index contributed by atoms with van der Waals surface area (Å²) in [5, 5.41) is 25.4. The zero-order valence-corrected chi connectivity index (χ0v) is 22.0. The standard InChI is InChI=1S/C25H30N6O5S/c1-5-18-8-11-20(12-9-18)36-17(4)24(33)26-14-22-28-29-25(30(22)6-2)37-15-23(32)27-21-13-19(31(34)35)10-7-16(21)3/h7-13,17H,5-6,14-15H2,1-4H3,(H,26,33)(H,27,32)/t17-/m0/s1. The van der Waals surface area contributed by atoms with Crippen molar-refractivity contribution in [3.05, 3.63) is 69.5 Å². The minimum absolute atomic E-state index is 0.0360. The Bertz CT molecular complexity index is 1260. The smallest absolute Gasteiger partial charge is 0.271 e. The van der Waals surface area contributed by atoms with E-state index < -0.39 is 11.0 Å². The Labute approximate surface area is 219 Å². The van der Waals surface area contributed by atoms with Crippen LogP contribution in [-0.2, 0) is 29.1 Å². The summed E-state index contributed by atoms with van der Waals surface area (Å²) < 4.78 is 7.54. The van der Waals surface area contributed by atoms with E-state index in [1.807, 2.05) is 35.8 Å². The summed E-state index contributed by atoms with van der Waals surface area (Å²) in [5.74, 6) is 0.591. The highest BCUT2D eigenvalue weighted by Crippen LogP contribution is 2.23. The molecule has 0 aliphatic rings. The van der Waals surface area contributed by atoms with Crippen LogP contribution in [0.15, 0.2) is 47.6 Å². The largest absolute Gasteiger partial charge is 0.481 e. The van der Waals surface area contributed by atoms with E-state index in [2.05, 4.69) is 27.8 Å². The van der Waals surface area contributed by atoms with Crippen molar-refractivity contribution >= 4 is 35.0 Å². The van der Waals surface area contributed by atoms with Gasteiger partial charge in [0.25, 0.3) is 11.6 Å². The van der Waals surface area contributed by atoms with E-state index in [1.54, 1.807) is 19.9 Å². The molecule has 1 atom stereocenters. The molecular formula is C25H30N6O5S. The van der Waals surface area contributed by atoms with Crippen LogP contribution in [0.25, 0.3) is 0 Å². The number of nitro benzene ring substituents is 1. The number of aromatic nitrogens is 3. The number of aryl methyl sites for hydroxylation is 2. The molecule has 2 N–H and O–H groups in total. The summed E-state index contributed by atoms with van der Waals surface area (Å²) in [6, 6.07) is 11.9. The van der Waals surface area contributed by atoms with Gasteiger partial charge in [-0.3, -0.25) is 19.7 Å². The van der Waals surface area contributed by atoms with Gasteiger partial charge in [0, 0.05) is 18.7 Å². The predicted octanol–water partition coefficient (Wildman–Crippen LogP) is 3.89. The van der Waals surface area contributed by atoms with Gasteiger partial charge in [0.15, 0.2) is 17.1 Å². The summed E-state index contributed by atoms with van der Waals surface area (Å²) in [6.45, 7) is 8.12. The number of hydrogen-bond donors (Lipinski definition) is 2. The fourth-order valence-corrected chi connectivity index (χ4v) is 4.24. The SMILES string of the molecule is CCc1ccc(O[C@@H](C)C(=O)NCc2nnc(SCC(=O)Nc3cc([N+](=O)[O-])ccc3C)n2CC)cc1. The first-order valence-corrected chi connectivity index (χ1v) is 12.8. The first-order valence-electron chi connectivity index (χ1n) is 11.8. The van der Waals surface area contributed by atoms with Gasteiger partial charge < -0.3 is 19.9 Å². The Morgan fingerprint density at radius 3 is 2.54 bits per heavy atom. The van der Waals surface area contributed by atoms with Gasteiger partial charge in [-0.1, -0.05) is 36.9 Å². The Morgan fingerprint density at radius 1 is 1.16 bits per heavy atom. The number of hydrogen-bond acceptors (Lipinski definition) is 8. The molecule has 0 bridgehead atoms. The summed E-state index contributed by atoms with van der Waals surface area (Å²) in [5.41, 5.74) is 2.20. The lowest BCUT2D eigenvalue weighted by Gasteiger charge is -2.15. The van der Waals surface area contributed by atoms with Gasteiger partial charge in [-0.15, -0.1) is 10.2 Å². The number of benzene rings is 2. The molecule has 0 aliphatic carbocycles. The quantitative estimate of drug-likeness (QED) is 0.206. The molecule has 11 nitrogen and oxygen atoms in total. The molecule has 3 rings (SSSR count). The van der Waals surface area contributed by atoms with Crippen LogP contribution in [0.1, 0.15) is 37.7 Å². The molecule has 0 aliphatic heterocycles. The highest BCUT2D eigenvalue weighted by Gasteiger charge is 2.18. The molecule has 1 heterocycles. The third kappa shape index (κ3) is 7.53. The molecule has 0 unspecified atom stereocenters. The Hall–Kier alpha value is -3.93. The average molecular weight is 527 g/mol. The van der Waals surface area contributed by atoms with E-state index in [0.29, 0.717) is 29.0 Å². The molecule has 0 fully saturated rings. The molecule has 2 aromatic carbocycles. The average Bonchev–Trinajstić information content (AvgIpc) is 3.29. The maximum Gasteiger partial charge on any atom is 0.271 e. The van der Waals surface area contributed by atoms with Crippen molar-refractivity contribution in [2.75, 3.05) is 11.1 Å². The van der Waals surface area contributed by atoms with Crippen LogP contribution in [-0.4, -0.2) is 43.4 Å². The van der Waals surface area contributed by atoms with Gasteiger partial charge in [0.2, 0.25) is 5.91 Å². The molecule has 3 aromatic rings. The van der Waals surface area contributed by atoms with Crippen molar-refractivity contribution in [3.8, 4) is 5.75 Å². The number of rotatable bonds is 12. The first kappa shape index (κ1) is 27.7. The van der Waals surface area contributed by atoms with Crippen molar-refractivity contribution in [1.29, 1.82) is 0 Å². The number of nitrogens with zero attached hydrogens (tertiary/aromatic N) is 4. The topological polar surface area (TPSA) is 141 Å². The maximum absolute atomic E-state index is 12.5. The number of carbonyl (C=O) groups excluding carboxylic acids is 2. The molecular weight excluding hydrogens is 496 g/mol. The molecule has 0 saturated carbocycles. The first-order chi connectivity index (χ1) is 17.7. The van der Waals surface area contributed by atoms with Crippen LogP contribution >= 0.6 is 11.8 Å². The van der Waals surface area contributed by atoms with Crippen LogP contribution in [0.4, 0.5) is 11.4 Å². The van der Waals surface area contributed by atoms with Gasteiger partial charge in [-0.25, -0.2) is 0 Å². The van der Waals surface area contributed by atoms with Gasteiger partial charge in [0.1, 0.15) is 5.75 Å². The predicted molar refractivity (Wildman–Crippen MR) is 141 cm³/mol. The van der Waals surface area contributed by atoms with Crippen LogP contribution in [0.5, 0.6) is 5.75 Å². The number of carbonyl (C=O) groups is 2. The summed E-state index contributed by atoms with van der Waals surface area (Å²) in [7, 11) is 0. The highest BCUT2D eigenvalue weighted by molar-refractivity contribution is 7.99. The Kier molecular flexibility index (Phi) is 9.61. The molecule has 37 heavy (non-hydrogen) atoms. The van der Waals surface area contributed by atoms with Crippen molar-refractivity contribution < 1.29 is 19.2 Å². The number of thioether (sulfide) groups is 1. The van der Waals surface area contributed by atoms with Crippen molar-refractivity contribution in [1.82, 2.24) is 20.1 Å². The summed E-state index contributed by atoms with van der Waals surface area (Å²) in [6.07, 6.45) is 0.233. The van der Waals surface area contributed by atoms with Gasteiger partial charge in [-0.05, 0) is 50.5 Å². The number of non-ortho nitro benzene ring substituents is 1. The van der Waals surface area contributed by atoms with E-state index >= 15 is 0 Å². The van der Waals surface area contributed by atoms with Crippen molar-refractivity contribution in [3.63, 3.8) is 0 Å². The van der Waals surface area contributed by atoms with Gasteiger partial charge in [-0.2, -0.15) is 0 Å². The number of ether oxygens (including phenoxy) is 1. The summed E-state index contributed by atoms with van der Waals surface area (Å²) in [4.78, 5) is 35.5. The Balaban J connectivity index is 1.53. The molecule has 0 radical (unpaired) electrons. The van der Waals surface area contributed by atoms with E-state index in [9.17, 15) is 19.7 Å². The summed E-state index contributed by atoms with van der Waals surface area (Å²) >= 11 is 1.19. The molecule has 196 valence electrons. The van der Waals surface area contributed by atoms with E-state index in [4.69, 9.17) is 4.74 Å². The fraction of sp³-hybridized carbons (Fsp3) is 0.360. The second-order valence-electron chi connectivity index (χ2n) is 8.21. The molecule has 0 saturated heterocycles. The van der Waals surface area contributed by atoms with Crippen molar-refractivity contribution in [2.45, 2.75) is 58.5 Å². The van der Waals surface area contributed by atoms with Crippen LogP contribution in [0.3, 0.4) is 0 Å². The number of nitro groups is 1. The monoisotopic (exact) mass is 526 g/mol. The van der Waals surface area contributed by atoms with Gasteiger partial charge in [0.05, 0.1) is 22.9 Å². The lowest BCUT2D eigenvalue weighted by Crippen LogP contribution is -2.36. The van der Waals surface area contributed by atoms with Gasteiger partial charge >= 0.3 is 0 Å². The number of anilines is 1. The van der Waals surface area contributed by atoms with Crippen molar-refractivity contribution in [2.24, 2.45) is 0 Å². The lowest BCUT2D eigenvalue weighted by molar-refractivity contribution is -0.384. The molecule has 1 aromatic heterocycles. The number of nitrogens with one attached hydrogen (secondary N) is 2. The minimum Gasteiger partial charge on any atom is -0.481 e. The van der Waals surface area contributed by atoms with Crippen LogP contribution < -0.4 is 15.4 Å². The zero-order valence-electron chi connectivity index (χ0n) is 21.2. The molecule has 0 spiro atoms. The zero-order chi connectivity index (χ0) is 26.9. The van der Waals surface area contributed by atoms with Crippen LogP contribution in [0, 0.1) is 17.0 Å².